The third-order valence-electron chi connectivity index (χ3n) is 4.58. The Balaban J connectivity index is 1.69. The van der Waals surface area contributed by atoms with Gasteiger partial charge in [-0.3, -0.25) is 14.5 Å². The first kappa shape index (κ1) is 20.8. The van der Waals surface area contributed by atoms with Crippen molar-refractivity contribution in [2.75, 3.05) is 18.6 Å². The third-order valence-corrected chi connectivity index (χ3v) is 7.68. The minimum absolute atomic E-state index is 0.0674. The Morgan fingerprint density at radius 2 is 2.07 bits per heavy atom. The first-order valence-corrected chi connectivity index (χ1v) is 11.7. The van der Waals surface area contributed by atoms with Crippen LogP contribution in [0.15, 0.2) is 29.2 Å². The van der Waals surface area contributed by atoms with Crippen molar-refractivity contribution in [2.45, 2.75) is 25.4 Å². The number of thioether (sulfide) groups is 1. The first-order chi connectivity index (χ1) is 13.2. The summed E-state index contributed by atoms with van der Waals surface area (Å²) in [5.74, 6) is -0.0420. The van der Waals surface area contributed by atoms with Crippen LogP contribution in [0.5, 0.6) is 5.75 Å². The van der Waals surface area contributed by atoms with Crippen LogP contribution < -0.4 is 10.1 Å². The third kappa shape index (κ3) is 4.56. The van der Waals surface area contributed by atoms with Crippen molar-refractivity contribution in [1.82, 2.24) is 10.2 Å². The highest BCUT2D eigenvalue weighted by atomic mass is 32.2. The quantitative estimate of drug-likeness (QED) is 0.549. The summed E-state index contributed by atoms with van der Waals surface area (Å²) in [6.45, 7) is 1.58. The van der Waals surface area contributed by atoms with Gasteiger partial charge in [-0.05, 0) is 37.1 Å². The molecule has 0 aromatic heterocycles. The fraction of sp³-hybridized carbons (Fsp3) is 0.389. The van der Waals surface area contributed by atoms with E-state index in [1.165, 1.54) is 4.90 Å². The molecule has 2 heterocycles. The molecule has 2 atom stereocenters. The van der Waals surface area contributed by atoms with Gasteiger partial charge < -0.3 is 10.1 Å². The van der Waals surface area contributed by atoms with E-state index in [1.54, 1.807) is 32.2 Å². The number of amides is 2. The lowest BCUT2D eigenvalue weighted by Crippen LogP contribution is -2.50. The lowest BCUT2D eigenvalue weighted by atomic mass is 10.2. The summed E-state index contributed by atoms with van der Waals surface area (Å²) in [4.78, 5) is 27.0. The van der Waals surface area contributed by atoms with Crippen LogP contribution >= 0.6 is 24.0 Å². The SMILES string of the molecule is COc1ccc(/C=C2\SC(=S)N(C(C)C(=O)NC3CCS(=O)(=O)C3)C2=O)cc1. The number of carbonyl (C=O) groups is 2. The Labute approximate surface area is 173 Å². The molecule has 10 heteroatoms. The lowest BCUT2D eigenvalue weighted by molar-refractivity contribution is -0.132. The molecule has 150 valence electrons. The molecule has 1 aromatic carbocycles. The lowest BCUT2D eigenvalue weighted by Gasteiger charge is -2.23. The Hall–Kier alpha value is -1.91. The van der Waals surface area contributed by atoms with Crippen molar-refractivity contribution >= 4 is 56.0 Å². The number of ether oxygens (including phenoxy) is 1. The molecule has 2 amide bonds. The summed E-state index contributed by atoms with van der Waals surface area (Å²) in [6.07, 6.45) is 2.10. The van der Waals surface area contributed by atoms with Crippen LogP contribution in [-0.2, 0) is 19.4 Å². The van der Waals surface area contributed by atoms with E-state index in [9.17, 15) is 18.0 Å². The van der Waals surface area contributed by atoms with Crippen molar-refractivity contribution < 1.29 is 22.7 Å². The van der Waals surface area contributed by atoms with Crippen LogP contribution in [0, 0.1) is 0 Å². The predicted molar refractivity (Wildman–Crippen MR) is 113 cm³/mol. The van der Waals surface area contributed by atoms with E-state index in [1.807, 2.05) is 12.1 Å². The van der Waals surface area contributed by atoms with Gasteiger partial charge in [0.15, 0.2) is 9.84 Å². The van der Waals surface area contributed by atoms with Gasteiger partial charge in [0.2, 0.25) is 5.91 Å². The van der Waals surface area contributed by atoms with Crippen LogP contribution in [0.3, 0.4) is 0 Å². The molecule has 0 saturated carbocycles. The van der Waals surface area contributed by atoms with Gasteiger partial charge >= 0.3 is 0 Å². The van der Waals surface area contributed by atoms with E-state index in [0.29, 0.717) is 21.4 Å². The largest absolute Gasteiger partial charge is 0.497 e. The van der Waals surface area contributed by atoms with Gasteiger partial charge in [0, 0.05) is 6.04 Å². The summed E-state index contributed by atoms with van der Waals surface area (Å²) in [5, 5.41) is 2.72. The number of hydrogen-bond donors (Lipinski definition) is 1. The molecule has 2 aliphatic rings. The van der Waals surface area contributed by atoms with E-state index < -0.39 is 27.8 Å². The summed E-state index contributed by atoms with van der Waals surface area (Å²) >= 11 is 6.43. The zero-order valence-corrected chi connectivity index (χ0v) is 17.8. The summed E-state index contributed by atoms with van der Waals surface area (Å²) < 4.78 is 28.5. The number of carbonyl (C=O) groups excluding carboxylic acids is 2. The molecular weight excluding hydrogens is 420 g/mol. The molecule has 2 fully saturated rings. The van der Waals surface area contributed by atoms with E-state index in [0.717, 1.165) is 17.3 Å². The van der Waals surface area contributed by atoms with Gasteiger partial charge in [-0.2, -0.15) is 0 Å². The monoisotopic (exact) mass is 440 g/mol. The van der Waals surface area contributed by atoms with Gasteiger partial charge in [-0.25, -0.2) is 8.42 Å². The number of nitrogens with one attached hydrogen (secondary N) is 1. The van der Waals surface area contributed by atoms with Crippen molar-refractivity contribution in [3.8, 4) is 5.75 Å². The van der Waals surface area contributed by atoms with Crippen LogP contribution in [0.4, 0.5) is 0 Å². The van der Waals surface area contributed by atoms with E-state index in [4.69, 9.17) is 17.0 Å². The highest BCUT2D eigenvalue weighted by molar-refractivity contribution is 8.26. The predicted octanol–water partition coefficient (Wildman–Crippen LogP) is 1.59. The highest BCUT2D eigenvalue weighted by Crippen LogP contribution is 2.34. The van der Waals surface area contributed by atoms with Gasteiger partial charge in [0.25, 0.3) is 5.91 Å². The van der Waals surface area contributed by atoms with Crippen molar-refractivity contribution in [3.63, 3.8) is 0 Å². The van der Waals surface area contributed by atoms with Crippen LogP contribution in [0.1, 0.15) is 18.9 Å². The number of methoxy groups -OCH3 is 1. The fourth-order valence-corrected chi connectivity index (χ4v) is 6.10. The zero-order chi connectivity index (χ0) is 20.5. The van der Waals surface area contributed by atoms with Gasteiger partial charge in [0.05, 0.1) is 23.5 Å². The van der Waals surface area contributed by atoms with Crippen molar-refractivity contribution in [1.29, 1.82) is 0 Å². The van der Waals surface area contributed by atoms with Gasteiger partial charge in [0.1, 0.15) is 16.1 Å². The molecule has 2 aliphatic heterocycles. The molecule has 2 saturated heterocycles. The molecular formula is C18H20N2O5S3. The fourth-order valence-electron chi connectivity index (χ4n) is 3.01. The van der Waals surface area contributed by atoms with Crippen molar-refractivity contribution in [2.24, 2.45) is 0 Å². The van der Waals surface area contributed by atoms with Crippen LogP contribution in [0.25, 0.3) is 6.08 Å². The number of rotatable bonds is 5. The number of hydrogen-bond acceptors (Lipinski definition) is 7. The Bertz CT molecular complexity index is 940. The van der Waals surface area contributed by atoms with Crippen LogP contribution in [-0.4, -0.2) is 60.2 Å². The smallest absolute Gasteiger partial charge is 0.266 e. The number of benzene rings is 1. The molecule has 1 N–H and O–H groups in total. The molecule has 0 spiro atoms. The topological polar surface area (TPSA) is 92.8 Å². The Morgan fingerprint density at radius 1 is 1.39 bits per heavy atom. The summed E-state index contributed by atoms with van der Waals surface area (Å²) in [6, 6.07) is 5.98. The maximum atomic E-state index is 12.8. The molecule has 7 nitrogen and oxygen atoms in total. The van der Waals surface area contributed by atoms with Crippen molar-refractivity contribution in [3.05, 3.63) is 34.7 Å². The average molecular weight is 441 g/mol. The molecule has 0 aliphatic carbocycles. The second kappa shape index (κ2) is 8.22. The van der Waals surface area contributed by atoms with E-state index in [-0.39, 0.29) is 17.4 Å². The maximum Gasteiger partial charge on any atom is 0.266 e. The Kier molecular flexibility index (Phi) is 6.11. The minimum Gasteiger partial charge on any atom is -0.497 e. The average Bonchev–Trinajstić information content (AvgIpc) is 3.13. The normalized spacial score (nSPS) is 23.9. The second-order valence-corrected chi connectivity index (χ2v) is 10.5. The number of sulfone groups is 1. The van der Waals surface area contributed by atoms with Crippen LogP contribution in [0.2, 0.25) is 0 Å². The molecule has 3 rings (SSSR count). The summed E-state index contributed by atoms with van der Waals surface area (Å²) in [7, 11) is -1.52. The standard InChI is InChI=1S/C18H20N2O5S3/c1-11(16(21)19-13-7-8-28(23,24)10-13)20-17(22)15(27-18(20)26)9-12-3-5-14(25-2)6-4-12/h3-6,9,11,13H,7-8,10H2,1-2H3,(H,19,21)/b15-9-. The maximum absolute atomic E-state index is 12.8. The number of nitrogens with zero attached hydrogens (tertiary/aromatic N) is 1. The second-order valence-electron chi connectivity index (χ2n) is 6.61. The molecule has 2 unspecified atom stereocenters. The molecule has 0 bridgehead atoms. The highest BCUT2D eigenvalue weighted by Gasteiger charge is 2.39. The van der Waals surface area contributed by atoms with Gasteiger partial charge in [-0.15, -0.1) is 0 Å². The molecule has 1 aromatic rings. The molecule has 28 heavy (non-hydrogen) atoms. The zero-order valence-electron chi connectivity index (χ0n) is 15.4. The molecule has 0 radical (unpaired) electrons. The summed E-state index contributed by atoms with van der Waals surface area (Å²) in [5.41, 5.74) is 0.814. The van der Waals surface area contributed by atoms with Gasteiger partial charge in [-0.1, -0.05) is 36.1 Å². The minimum atomic E-state index is -3.10. The number of thiocarbonyl (C=S) groups is 1. The van der Waals surface area contributed by atoms with E-state index >= 15 is 0 Å². The van der Waals surface area contributed by atoms with E-state index in [2.05, 4.69) is 5.32 Å². The Morgan fingerprint density at radius 3 is 2.64 bits per heavy atom. The first-order valence-electron chi connectivity index (χ1n) is 8.62.